The summed E-state index contributed by atoms with van der Waals surface area (Å²) in [4.78, 5) is 21.9. The minimum atomic E-state index is -0.681. The van der Waals surface area contributed by atoms with Crippen molar-refractivity contribution in [2.75, 3.05) is 0 Å². The van der Waals surface area contributed by atoms with Crippen LogP contribution in [0.1, 0.15) is 11.5 Å². The molecule has 1 heterocycles. The van der Waals surface area contributed by atoms with Crippen LogP contribution in [0.25, 0.3) is 0 Å². The highest BCUT2D eigenvalue weighted by atomic mass is 35.5. The van der Waals surface area contributed by atoms with Gasteiger partial charge >= 0.3 is 5.82 Å². The largest absolute Gasteiger partial charge is 0.408 e. The summed E-state index contributed by atoms with van der Waals surface area (Å²) in [6.07, 6.45) is 1.30. The number of hydrogen-bond donors (Lipinski definition) is 2. The first-order chi connectivity index (χ1) is 10.0. The van der Waals surface area contributed by atoms with Crippen LogP contribution in [-0.2, 0) is 11.3 Å². The number of hydrazine groups is 1. The lowest BCUT2D eigenvalue weighted by molar-refractivity contribution is -0.389. The van der Waals surface area contributed by atoms with Crippen LogP contribution in [-0.4, -0.2) is 20.6 Å². The van der Waals surface area contributed by atoms with Gasteiger partial charge in [0.25, 0.3) is 0 Å². The van der Waals surface area contributed by atoms with Gasteiger partial charge in [-0.05, 0) is 10.5 Å². The number of benzene rings is 1. The van der Waals surface area contributed by atoms with Crippen molar-refractivity contribution in [3.8, 4) is 0 Å². The van der Waals surface area contributed by atoms with Crippen molar-refractivity contribution in [3.63, 3.8) is 0 Å². The van der Waals surface area contributed by atoms with Crippen LogP contribution in [0.2, 0.25) is 5.02 Å². The highest BCUT2D eigenvalue weighted by Gasteiger charge is 2.25. The van der Waals surface area contributed by atoms with Crippen molar-refractivity contribution in [2.45, 2.75) is 12.5 Å². The average molecular weight is 310 g/mol. The predicted octanol–water partition coefficient (Wildman–Crippen LogP) is 1.22. The van der Waals surface area contributed by atoms with Crippen LogP contribution in [0.15, 0.2) is 36.5 Å². The lowest BCUT2D eigenvalue weighted by Gasteiger charge is -2.14. The van der Waals surface area contributed by atoms with Gasteiger partial charge in [-0.2, -0.15) is 4.68 Å². The van der Waals surface area contributed by atoms with Gasteiger partial charge in [-0.25, -0.2) is 5.84 Å². The number of rotatable bonds is 5. The molecule has 1 aromatic carbocycles. The van der Waals surface area contributed by atoms with Crippen LogP contribution < -0.4 is 11.3 Å². The summed E-state index contributed by atoms with van der Waals surface area (Å²) < 4.78 is 1.26. The van der Waals surface area contributed by atoms with Crippen molar-refractivity contribution >= 4 is 23.3 Å². The number of nitrogens with one attached hydrogen (secondary N) is 1. The molecule has 1 unspecified atom stereocenters. The molecule has 0 fully saturated rings. The molecule has 1 amide bonds. The number of carbonyl (C=O) groups excluding carboxylic acids is 1. The second kappa shape index (κ2) is 6.33. The van der Waals surface area contributed by atoms with Gasteiger partial charge < -0.3 is 10.1 Å². The van der Waals surface area contributed by atoms with E-state index in [1.54, 1.807) is 24.3 Å². The molecule has 0 bridgehead atoms. The van der Waals surface area contributed by atoms with E-state index in [-0.39, 0.29) is 11.6 Å². The molecule has 9 heteroatoms. The second-order valence-electron chi connectivity index (χ2n) is 4.25. The Morgan fingerprint density at radius 3 is 2.67 bits per heavy atom. The molecule has 0 aliphatic heterocycles. The molecule has 1 atom stereocenters. The summed E-state index contributed by atoms with van der Waals surface area (Å²) in [5, 5.41) is 14.4. The van der Waals surface area contributed by atoms with Gasteiger partial charge in [-0.3, -0.25) is 10.2 Å². The number of hydrogen-bond acceptors (Lipinski definition) is 5. The lowest BCUT2D eigenvalue weighted by Crippen LogP contribution is -2.36. The number of amides is 1. The first-order valence-electron chi connectivity index (χ1n) is 5.95. The third-order valence-electron chi connectivity index (χ3n) is 2.90. The summed E-state index contributed by atoms with van der Waals surface area (Å²) >= 11 is 5.73. The zero-order valence-electron chi connectivity index (χ0n) is 10.8. The smallest absolute Gasteiger partial charge is 0.358 e. The van der Waals surface area contributed by atoms with E-state index in [4.69, 9.17) is 17.4 Å². The maximum Gasteiger partial charge on any atom is 0.408 e. The van der Waals surface area contributed by atoms with Crippen molar-refractivity contribution < 1.29 is 9.72 Å². The van der Waals surface area contributed by atoms with Crippen molar-refractivity contribution in [1.29, 1.82) is 0 Å². The number of nitrogens with two attached hydrogens (primary N) is 1. The fraction of sp³-hybridized carbons (Fsp3) is 0.167. The minimum Gasteiger partial charge on any atom is -0.358 e. The van der Waals surface area contributed by atoms with Crippen LogP contribution in [0.4, 0.5) is 5.82 Å². The maximum absolute atomic E-state index is 11.9. The van der Waals surface area contributed by atoms with E-state index in [1.807, 2.05) is 6.07 Å². The third-order valence-corrected chi connectivity index (χ3v) is 3.17. The van der Waals surface area contributed by atoms with Gasteiger partial charge in [-0.15, -0.1) is 0 Å². The zero-order chi connectivity index (χ0) is 15.4. The Labute approximate surface area is 124 Å². The van der Waals surface area contributed by atoms with Gasteiger partial charge in [0.15, 0.2) is 5.02 Å². The molecular weight excluding hydrogens is 298 g/mol. The number of carbonyl (C=O) groups is 1. The summed E-state index contributed by atoms with van der Waals surface area (Å²) in [5.41, 5.74) is 2.80. The Kier molecular flexibility index (Phi) is 4.51. The quantitative estimate of drug-likeness (QED) is 0.373. The van der Waals surface area contributed by atoms with Gasteiger partial charge in [0.1, 0.15) is 0 Å². The van der Waals surface area contributed by atoms with Gasteiger partial charge in [0, 0.05) is 0 Å². The highest BCUT2D eigenvalue weighted by molar-refractivity contribution is 6.32. The van der Waals surface area contributed by atoms with Crippen molar-refractivity contribution in [3.05, 3.63) is 57.2 Å². The van der Waals surface area contributed by atoms with Crippen molar-refractivity contribution in [2.24, 2.45) is 5.84 Å². The SMILES string of the molecule is NNC(=O)C(Cn1cc(Cl)c([N+](=O)[O-])n1)c1ccccc1. The molecule has 2 aromatic rings. The summed E-state index contributed by atoms with van der Waals surface area (Å²) in [6.45, 7) is 0.0839. The van der Waals surface area contributed by atoms with Crippen LogP contribution >= 0.6 is 11.6 Å². The molecular formula is C12H12ClN5O3. The fourth-order valence-electron chi connectivity index (χ4n) is 1.92. The highest BCUT2D eigenvalue weighted by Crippen LogP contribution is 2.24. The Balaban J connectivity index is 2.30. The Morgan fingerprint density at radius 1 is 1.48 bits per heavy atom. The molecule has 110 valence electrons. The third kappa shape index (κ3) is 3.36. The molecule has 0 aliphatic rings. The Hall–Kier alpha value is -2.45. The lowest BCUT2D eigenvalue weighted by atomic mass is 9.98. The fourth-order valence-corrected chi connectivity index (χ4v) is 2.14. The van der Waals surface area contributed by atoms with E-state index in [1.165, 1.54) is 10.9 Å². The van der Waals surface area contributed by atoms with Gasteiger partial charge in [0.2, 0.25) is 5.91 Å². The number of nitrogens with zero attached hydrogens (tertiary/aromatic N) is 3. The second-order valence-corrected chi connectivity index (χ2v) is 4.66. The van der Waals surface area contributed by atoms with Crippen LogP contribution in [0.5, 0.6) is 0 Å². The van der Waals surface area contributed by atoms with E-state index in [0.29, 0.717) is 0 Å². The predicted molar refractivity (Wildman–Crippen MR) is 75.4 cm³/mol. The molecule has 3 N–H and O–H groups in total. The van der Waals surface area contributed by atoms with E-state index in [9.17, 15) is 14.9 Å². The normalized spacial score (nSPS) is 11.9. The van der Waals surface area contributed by atoms with Crippen LogP contribution in [0, 0.1) is 10.1 Å². The summed E-state index contributed by atoms with van der Waals surface area (Å²) in [5.74, 6) is 3.68. The Bertz CT molecular complexity index is 658. The molecule has 8 nitrogen and oxygen atoms in total. The number of aromatic nitrogens is 2. The molecule has 0 spiro atoms. The van der Waals surface area contributed by atoms with E-state index in [2.05, 4.69) is 10.5 Å². The molecule has 2 rings (SSSR count). The van der Waals surface area contributed by atoms with Gasteiger partial charge in [-0.1, -0.05) is 41.9 Å². The van der Waals surface area contributed by atoms with Gasteiger partial charge in [0.05, 0.1) is 23.8 Å². The topological polar surface area (TPSA) is 116 Å². The van der Waals surface area contributed by atoms with E-state index < -0.39 is 22.6 Å². The maximum atomic E-state index is 11.9. The zero-order valence-corrected chi connectivity index (χ0v) is 11.5. The molecule has 0 radical (unpaired) electrons. The first-order valence-corrected chi connectivity index (χ1v) is 6.33. The van der Waals surface area contributed by atoms with E-state index >= 15 is 0 Å². The number of halogens is 1. The summed E-state index contributed by atoms with van der Waals surface area (Å²) in [6, 6.07) is 8.91. The first kappa shape index (κ1) is 14.9. The molecule has 0 aliphatic carbocycles. The van der Waals surface area contributed by atoms with E-state index in [0.717, 1.165) is 5.56 Å². The molecule has 21 heavy (non-hydrogen) atoms. The summed E-state index contributed by atoms with van der Waals surface area (Å²) in [7, 11) is 0. The minimum absolute atomic E-state index is 0.0834. The van der Waals surface area contributed by atoms with Crippen LogP contribution in [0.3, 0.4) is 0 Å². The Morgan fingerprint density at radius 2 is 2.14 bits per heavy atom. The molecule has 1 aromatic heterocycles. The number of nitro groups is 1. The average Bonchev–Trinajstić information content (AvgIpc) is 2.86. The molecule has 0 saturated heterocycles. The monoisotopic (exact) mass is 309 g/mol. The van der Waals surface area contributed by atoms with Crippen molar-refractivity contribution in [1.82, 2.24) is 15.2 Å². The molecule has 0 saturated carbocycles. The standard InChI is InChI=1S/C12H12ClN5O3/c13-10-7-17(16-11(10)18(20)21)6-9(12(19)15-14)8-4-2-1-3-5-8/h1-5,7,9H,6,14H2,(H,15,19).